The molecule has 0 radical (unpaired) electrons. The summed E-state index contributed by atoms with van der Waals surface area (Å²) in [4.78, 5) is 16.4. The molecule has 27 heavy (non-hydrogen) atoms. The first-order valence-electron chi connectivity index (χ1n) is 9.99. The molecule has 5 heteroatoms. The smallest absolute Gasteiger partial charge is 0.410 e. The van der Waals surface area contributed by atoms with Crippen LogP contribution < -0.4 is 4.74 Å². The van der Waals surface area contributed by atoms with Crippen LogP contribution >= 0.6 is 11.6 Å². The molecule has 1 aliphatic carbocycles. The molecule has 1 fully saturated rings. The monoisotopic (exact) mass is 392 g/mol. The van der Waals surface area contributed by atoms with E-state index < -0.39 is 0 Å². The Hall–Kier alpha value is -1.52. The average molecular weight is 393 g/mol. The lowest BCUT2D eigenvalue weighted by atomic mass is 9.82. The predicted molar refractivity (Wildman–Crippen MR) is 113 cm³/mol. The Morgan fingerprint density at radius 2 is 1.85 bits per heavy atom. The zero-order valence-corrected chi connectivity index (χ0v) is 17.5. The number of carbonyl (C=O) groups is 1. The summed E-state index contributed by atoms with van der Waals surface area (Å²) in [6.07, 6.45) is 10.0. The van der Waals surface area contributed by atoms with E-state index in [1.54, 1.807) is 29.2 Å². The summed E-state index contributed by atoms with van der Waals surface area (Å²) in [5, 5.41) is 0.633. The fourth-order valence-electron chi connectivity index (χ4n) is 3.77. The molecule has 0 aromatic heterocycles. The number of nitrogens with zero attached hydrogens (tertiary/aromatic N) is 2. The van der Waals surface area contributed by atoms with Gasteiger partial charge in [0.2, 0.25) is 0 Å². The molecule has 2 rings (SSSR count). The standard InChI is InChI=1S/C22H33ClN2O2/c1-4-16-24(2)17-6-5-7-18-8-12-20(13-9-18)25(3)22(26)27-21-14-10-19(23)11-15-21/h4,10-11,14-15,18,20H,1,5-9,12-13,16-17H2,2-3H3. The molecule has 0 aliphatic heterocycles. The number of hydrogen-bond donors (Lipinski definition) is 0. The van der Waals surface area contributed by atoms with Gasteiger partial charge in [0.25, 0.3) is 0 Å². The van der Waals surface area contributed by atoms with E-state index >= 15 is 0 Å². The minimum atomic E-state index is -0.286. The van der Waals surface area contributed by atoms with Crippen LogP contribution in [0.5, 0.6) is 5.75 Å². The number of unbranched alkanes of at least 4 members (excludes halogenated alkanes) is 1. The van der Waals surface area contributed by atoms with Crippen molar-refractivity contribution in [2.45, 2.75) is 51.0 Å². The lowest BCUT2D eigenvalue weighted by molar-refractivity contribution is 0.123. The SMILES string of the molecule is C=CCN(C)CCCCC1CCC(N(C)C(=O)Oc2ccc(Cl)cc2)CC1. The fraction of sp³-hybridized carbons (Fsp3) is 0.591. The number of halogens is 1. The first kappa shape index (κ1) is 21.8. The minimum Gasteiger partial charge on any atom is -0.410 e. The van der Waals surface area contributed by atoms with Gasteiger partial charge in [0.05, 0.1) is 0 Å². The molecular weight excluding hydrogens is 360 g/mol. The van der Waals surface area contributed by atoms with Crippen LogP contribution in [0.25, 0.3) is 0 Å². The first-order valence-corrected chi connectivity index (χ1v) is 10.4. The van der Waals surface area contributed by atoms with Crippen molar-refractivity contribution < 1.29 is 9.53 Å². The van der Waals surface area contributed by atoms with Crippen LogP contribution in [0.3, 0.4) is 0 Å². The second-order valence-corrected chi connectivity index (χ2v) is 8.09. The summed E-state index contributed by atoms with van der Waals surface area (Å²) in [5.74, 6) is 1.33. The van der Waals surface area contributed by atoms with E-state index in [0.29, 0.717) is 10.8 Å². The van der Waals surface area contributed by atoms with Crippen molar-refractivity contribution in [3.8, 4) is 5.75 Å². The van der Waals surface area contributed by atoms with Crippen LogP contribution in [0.1, 0.15) is 44.9 Å². The van der Waals surface area contributed by atoms with Crippen LogP contribution in [0.2, 0.25) is 5.02 Å². The van der Waals surface area contributed by atoms with Gasteiger partial charge in [-0.15, -0.1) is 6.58 Å². The number of rotatable bonds is 9. The van der Waals surface area contributed by atoms with Crippen molar-refractivity contribution in [1.29, 1.82) is 0 Å². The molecule has 0 spiro atoms. The largest absolute Gasteiger partial charge is 0.415 e. The number of likely N-dealkylation sites (N-methyl/N-ethyl adjacent to an activating group) is 1. The molecule has 0 unspecified atom stereocenters. The van der Waals surface area contributed by atoms with Gasteiger partial charge in [0, 0.05) is 24.7 Å². The highest BCUT2D eigenvalue weighted by Gasteiger charge is 2.27. The summed E-state index contributed by atoms with van der Waals surface area (Å²) < 4.78 is 5.45. The highest BCUT2D eigenvalue weighted by Crippen LogP contribution is 2.31. The van der Waals surface area contributed by atoms with Crippen molar-refractivity contribution in [2.24, 2.45) is 5.92 Å². The fourth-order valence-corrected chi connectivity index (χ4v) is 3.90. The number of amides is 1. The summed E-state index contributed by atoms with van der Waals surface area (Å²) in [7, 11) is 3.99. The van der Waals surface area contributed by atoms with Crippen molar-refractivity contribution >= 4 is 17.7 Å². The number of hydrogen-bond acceptors (Lipinski definition) is 3. The Balaban J connectivity index is 1.66. The third-order valence-electron chi connectivity index (χ3n) is 5.51. The van der Waals surface area contributed by atoms with Crippen LogP contribution in [0.15, 0.2) is 36.9 Å². The molecule has 0 heterocycles. The van der Waals surface area contributed by atoms with E-state index in [1.165, 1.54) is 32.1 Å². The molecule has 0 bridgehead atoms. The maximum absolute atomic E-state index is 12.4. The topological polar surface area (TPSA) is 32.8 Å². The van der Waals surface area contributed by atoms with Crippen LogP contribution in [0, 0.1) is 5.92 Å². The number of ether oxygens (including phenoxy) is 1. The van der Waals surface area contributed by atoms with Gasteiger partial charge in [0.15, 0.2) is 0 Å². The number of carbonyl (C=O) groups excluding carboxylic acids is 1. The third kappa shape index (κ3) is 7.55. The van der Waals surface area contributed by atoms with Crippen LogP contribution in [0.4, 0.5) is 4.79 Å². The normalized spacial score (nSPS) is 19.7. The zero-order valence-electron chi connectivity index (χ0n) is 16.7. The van der Waals surface area contributed by atoms with E-state index in [0.717, 1.165) is 31.8 Å². The van der Waals surface area contributed by atoms with E-state index in [1.807, 2.05) is 13.1 Å². The van der Waals surface area contributed by atoms with Gasteiger partial charge in [-0.2, -0.15) is 0 Å². The molecular formula is C22H33ClN2O2. The summed E-state index contributed by atoms with van der Waals surface area (Å²) in [6.45, 7) is 5.88. The Morgan fingerprint density at radius 1 is 1.19 bits per heavy atom. The van der Waals surface area contributed by atoms with Gasteiger partial charge >= 0.3 is 6.09 Å². The molecule has 1 amide bonds. The lowest BCUT2D eigenvalue weighted by Crippen LogP contribution is -2.41. The highest BCUT2D eigenvalue weighted by atomic mass is 35.5. The van der Waals surface area contributed by atoms with E-state index in [2.05, 4.69) is 18.5 Å². The van der Waals surface area contributed by atoms with E-state index in [-0.39, 0.29) is 12.1 Å². The second-order valence-electron chi connectivity index (χ2n) is 7.65. The van der Waals surface area contributed by atoms with E-state index in [4.69, 9.17) is 16.3 Å². The second kappa shape index (κ2) is 11.4. The van der Waals surface area contributed by atoms with Crippen molar-refractivity contribution in [1.82, 2.24) is 9.80 Å². The Kier molecular flexibility index (Phi) is 9.16. The molecule has 0 N–H and O–H groups in total. The van der Waals surface area contributed by atoms with Crippen LogP contribution in [-0.2, 0) is 0 Å². The molecule has 1 aromatic rings. The Bertz CT molecular complexity index is 582. The lowest BCUT2D eigenvalue weighted by Gasteiger charge is -2.34. The minimum absolute atomic E-state index is 0.278. The first-order chi connectivity index (χ1) is 13.0. The van der Waals surface area contributed by atoms with Gasteiger partial charge in [0.1, 0.15) is 5.75 Å². The van der Waals surface area contributed by atoms with Crippen molar-refractivity contribution in [3.05, 3.63) is 41.9 Å². The van der Waals surface area contributed by atoms with Gasteiger partial charge in [-0.3, -0.25) is 0 Å². The predicted octanol–water partition coefficient (Wildman–Crippen LogP) is 5.62. The molecule has 4 nitrogen and oxygen atoms in total. The van der Waals surface area contributed by atoms with Gasteiger partial charge < -0.3 is 14.5 Å². The molecule has 0 atom stereocenters. The summed E-state index contributed by atoms with van der Waals surface area (Å²) >= 11 is 5.86. The summed E-state index contributed by atoms with van der Waals surface area (Å²) in [6, 6.07) is 7.17. The molecule has 0 saturated heterocycles. The number of benzene rings is 1. The van der Waals surface area contributed by atoms with Gasteiger partial charge in [-0.05, 0) is 75.9 Å². The average Bonchev–Trinajstić information content (AvgIpc) is 2.67. The maximum Gasteiger partial charge on any atom is 0.415 e. The Morgan fingerprint density at radius 3 is 2.48 bits per heavy atom. The Labute approximate surface area is 169 Å². The van der Waals surface area contributed by atoms with Gasteiger partial charge in [-0.25, -0.2) is 4.79 Å². The molecule has 150 valence electrons. The maximum atomic E-state index is 12.4. The van der Waals surface area contributed by atoms with Gasteiger partial charge in [-0.1, -0.05) is 30.5 Å². The quantitative estimate of drug-likeness (QED) is 0.404. The third-order valence-corrected chi connectivity index (χ3v) is 5.77. The summed E-state index contributed by atoms with van der Waals surface area (Å²) in [5.41, 5.74) is 0. The zero-order chi connectivity index (χ0) is 19.6. The van der Waals surface area contributed by atoms with Crippen molar-refractivity contribution in [3.63, 3.8) is 0 Å². The molecule has 1 saturated carbocycles. The molecule has 1 aliphatic rings. The highest BCUT2D eigenvalue weighted by molar-refractivity contribution is 6.30. The van der Waals surface area contributed by atoms with Crippen molar-refractivity contribution in [2.75, 3.05) is 27.2 Å². The van der Waals surface area contributed by atoms with E-state index in [9.17, 15) is 4.79 Å². The van der Waals surface area contributed by atoms with Crippen LogP contribution in [-0.4, -0.2) is 49.1 Å². The molecule has 1 aromatic carbocycles.